The molecule has 1 aromatic carbocycles. The fourth-order valence-corrected chi connectivity index (χ4v) is 2.68. The van der Waals surface area contributed by atoms with Gasteiger partial charge in [-0.05, 0) is 30.5 Å². The first-order valence-electron chi connectivity index (χ1n) is 7.23. The number of carbonyl (C=O) groups excluding carboxylic acids is 1. The molecule has 136 valence electrons. The van der Waals surface area contributed by atoms with E-state index in [0.717, 1.165) is 12.1 Å². The molecule has 1 aromatic rings. The Bertz CT molecular complexity index is 575. The molecule has 0 aromatic heterocycles. The van der Waals surface area contributed by atoms with Crippen molar-refractivity contribution < 1.29 is 28.2 Å². The average molecular weight is 369 g/mol. The van der Waals surface area contributed by atoms with E-state index in [4.69, 9.17) is 10.8 Å². The summed E-state index contributed by atoms with van der Waals surface area (Å²) in [6, 6.07) is 3.58. The van der Waals surface area contributed by atoms with Gasteiger partial charge in [-0.25, -0.2) is 0 Å². The maximum absolute atomic E-state index is 12.8. The second-order valence-electron chi connectivity index (χ2n) is 5.72. The molecule has 1 aliphatic rings. The largest absolute Gasteiger partial charge is 0.416 e. The van der Waals surface area contributed by atoms with Crippen molar-refractivity contribution in [2.45, 2.75) is 30.7 Å². The van der Waals surface area contributed by atoms with Crippen LogP contribution in [-0.4, -0.2) is 46.8 Å². The molecule has 1 fully saturated rings. The SMILES string of the molecule is Cl.N[C@@H](CO)C(=O)N1CCC(O)(c2cccc(C(F)(F)F)c2)CC1. The van der Waals surface area contributed by atoms with Gasteiger partial charge >= 0.3 is 6.18 Å². The number of hydrogen-bond acceptors (Lipinski definition) is 4. The molecular formula is C15H20ClF3N2O3. The number of nitrogens with two attached hydrogens (primary N) is 1. The Morgan fingerprint density at radius 3 is 2.42 bits per heavy atom. The molecule has 0 bridgehead atoms. The van der Waals surface area contributed by atoms with E-state index in [1.165, 1.54) is 17.0 Å². The number of hydrogen-bond donors (Lipinski definition) is 3. The van der Waals surface area contributed by atoms with Crippen LogP contribution in [0.15, 0.2) is 24.3 Å². The number of amides is 1. The molecule has 4 N–H and O–H groups in total. The fraction of sp³-hybridized carbons (Fsp3) is 0.533. The molecule has 2 rings (SSSR count). The highest BCUT2D eigenvalue weighted by atomic mass is 35.5. The molecule has 0 unspecified atom stereocenters. The van der Waals surface area contributed by atoms with Crippen molar-refractivity contribution in [2.24, 2.45) is 5.73 Å². The van der Waals surface area contributed by atoms with Crippen LogP contribution in [0.3, 0.4) is 0 Å². The Hall–Kier alpha value is -1.35. The summed E-state index contributed by atoms with van der Waals surface area (Å²) in [6.45, 7) is -0.147. The predicted molar refractivity (Wildman–Crippen MR) is 83.5 cm³/mol. The minimum Gasteiger partial charge on any atom is -0.394 e. The monoisotopic (exact) mass is 368 g/mol. The van der Waals surface area contributed by atoms with Gasteiger partial charge in [-0.3, -0.25) is 4.79 Å². The standard InChI is InChI=1S/C15H19F3N2O3.ClH/c16-15(17,18)11-3-1-2-10(8-11)14(23)4-6-20(7-5-14)13(22)12(19)9-21;/h1-3,8,12,21,23H,4-7,9,19H2;1H/t12-;/m0./s1. The molecule has 24 heavy (non-hydrogen) atoms. The van der Waals surface area contributed by atoms with Gasteiger partial charge in [0.15, 0.2) is 0 Å². The summed E-state index contributed by atoms with van der Waals surface area (Å²) in [7, 11) is 0. The van der Waals surface area contributed by atoms with Crippen molar-refractivity contribution in [1.82, 2.24) is 4.90 Å². The first-order valence-corrected chi connectivity index (χ1v) is 7.23. The fourth-order valence-electron chi connectivity index (χ4n) is 2.68. The summed E-state index contributed by atoms with van der Waals surface area (Å²) in [5.74, 6) is -0.432. The molecule has 1 amide bonds. The summed E-state index contributed by atoms with van der Waals surface area (Å²) in [6.07, 6.45) is -4.26. The second-order valence-corrected chi connectivity index (χ2v) is 5.72. The Labute approximate surface area is 143 Å². The highest BCUT2D eigenvalue weighted by molar-refractivity contribution is 5.85. The zero-order chi connectivity index (χ0) is 17.3. The number of halogens is 4. The van der Waals surface area contributed by atoms with Crippen LogP contribution < -0.4 is 5.73 Å². The summed E-state index contributed by atoms with van der Waals surface area (Å²) >= 11 is 0. The molecule has 0 radical (unpaired) electrons. The van der Waals surface area contributed by atoms with E-state index in [1.54, 1.807) is 0 Å². The van der Waals surface area contributed by atoms with Crippen LogP contribution in [0.1, 0.15) is 24.0 Å². The van der Waals surface area contributed by atoms with Crippen LogP contribution in [0.4, 0.5) is 13.2 Å². The number of likely N-dealkylation sites (tertiary alicyclic amines) is 1. The molecule has 9 heteroatoms. The Morgan fingerprint density at radius 1 is 1.33 bits per heavy atom. The Morgan fingerprint density at radius 2 is 1.92 bits per heavy atom. The number of aliphatic hydroxyl groups is 2. The van der Waals surface area contributed by atoms with Crippen LogP contribution in [-0.2, 0) is 16.6 Å². The average Bonchev–Trinajstić information content (AvgIpc) is 2.53. The smallest absolute Gasteiger partial charge is 0.394 e. The lowest BCUT2D eigenvalue weighted by molar-refractivity contribution is -0.138. The topological polar surface area (TPSA) is 86.8 Å². The third-order valence-electron chi connectivity index (χ3n) is 4.14. The Balaban J connectivity index is 0.00000288. The number of nitrogens with zero attached hydrogens (tertiary/aromatic N) is 1. The van der Waals surface area contributed by atoms with Gasteiger partial charge in [0.25, 0.3) is 0 Å². The number of alkyl halides is 3. The number of rotatable bonds is 3. The quantitative estimate of drug-likeness (QED) is 0.749. The predicted octanol–water partition coefficient (Wildman–Crippen LogP) is 1.26. The highest BCUT2D eigenvalue weighted by Gasteiger charge is 2.38. The number of piperidine rings is 1. The van der Waals surface area contributed by atoms with Gasteiger partial charge in [0.05, 0.1) is 17.8 Å². The summed E-state index contributed by atoms with van der Waals surface area (Å²) in [5, 5.41) is 19.5. The van der Waals surface area contributed by atoms with Gasteiger partial charge in [0.1, 0.15) is 6.04 Å². The molecule has 0 aliphatic carbocycles. The number of aliphatic hydroxyl groups excluding tert-OH is 1. The van der Waals surface area contributed by atoms with E-state index in [9.17, 15) is 23.1 Å². The van der Waals surface area contributed by atoms with Crippen LogP contribution >= 0.6 is 12.4 Å². The van der Waals surface area contributed by atoms with Gasteiger partial charge < -0.3 is 20.8 Å². The summed E-state index contributed by atoms with van der Waals surface area (Å²) < 4.78 is 38.4. The molecule has 1 atom stereocenters. The normalized spacial score (nSPS) is 18.7. The minimum atomic E-state index is -4.48. The lowest BCUT2D eigenvalue weighted by Gasteiger charge is -2.39. The van der Waals surface area contributed by atoms with Crippen molar-refractivity contribution in [3.8, 4) is 0 Å². The van der Waals surface area contributed by atoms with Gasteiger partial charge in [-0.1, -0.05) is 12.1 Å². The maximum atomic E-state index is 12.8. The Kier molecular flexibility index (Phi) is 6.63. The van der Waals surface area contributed by atoms with Gasteiger partial charge in [-0.2, -0.15) is 13.2 Å². The van der Waals surface area contributed by atoms with E-state index in [1.807, 2.05) is 0 Å². The molecule has 0 saturated carbocycles. The first-order chi connectivity index (χ1) is 10.7. The van der Waals surface area contributed by atoms with Crippen LogP contribution in [0.25, 0.3) is 0 Å². The van der Waals surface area contributed by atoms with E-state index in [-0.39, 0.29) is 43.9 Å². The van der Waals surface area contributed by atoms with Crippen molar-refractivity contribution in [2.75, 3.05) is 19.7 Å². The van der Waals surface area contributed by atoms with E-state index in [0.29, 0.717) is 0 Å². The first kappa shape index (κ1) is 20.7. The van der Waals surface area contributed by atoms with Crippen LogP contribution in [0, 0.1) is 0 Å². The molecular weight excluding hydrogens is 349 g/mol. The van der Waals surface area contributed by atoms with Gasteiger partial charge in [0, 0.05) is 13.1 Å². The zero-order valence-corrected chi connectivity index (χ0v) is 13.6. The van der Waals surface area contributed by atoms with Crippen molar-refractivity contribution in [3.63, 3.8) is 0 Å². The van der Waals surface area contributed by atoms with Crippen molar-refractivity contribution in [3.05, 3.63) is 35.4 Å². The van der Waals surface area contributed by atoms with Gasteiger partial charge in [-0.15, -0.1) is 12.4 Å². The third-order valence-corrected chi connectivity index (χ3v) is 4.14. The molecule has 1 heterocycles. The minimum absolute atomic E-state index is 0. The van der Waals surface area contributed by atoms with Crippen LogP contribution in [0.2, 0.25) is 0 Å². The lowest BCUT2D eigenvalue weighted by Crippen LogP contribution is -2.51. The molecule has 0 spiro atoms. The van der Waals surface area contributed by atoms with Crippen molar-refractivity contribution in [1.29, 1.82) is 0 Å². The van der Waals surface area contributed by atoms with E-state index < -0.39 is 35.9 Å². The zero-order valence-electron chi connectivity index (χ0n) is 12.8. The second kappa shape index (κ2) is 7.69. The molecule has 1 saturated heterocycles. The summed E-state index contributed by atoms with van der Waals surface area (Å²) in [5.41, 5.74) is 3.42. The number of carbonyl (C=O) groups is 1. The molecule has 1 aliphatic heterocycles. The van der Waals surface area contributed by atoms with E-state index >= 15 is 0 Å². The van der Waals surface area contributed by atoms with E-state index in [2.05, 4.69) is 0 Å². The maximum Gasteiger partial charge on any atom is 0.416 e. The van der Waals surface area contributed by atoms with Gasteiger partial charge in [0.2, 0.25) is 5.91 Å². The molecule has 5 nitrogen and oxygen atoms in total. The summed E-state index contributed by atoms with van der Waals surface area (Å²) in [4.78, 5) is 13.3. The third kappa shape index (κ3) is 4.38. The highest BCUT2D eigenvalue weighted by Crippen LogP contribution is 2.36. The lowest BCUT2D eigenvalue weighted by atomic mass is 9.83. The van der Waals surface area contributed by atoms with Crippen molar-refractivity contribution >= 4 is 18.3 Å². The number of benzene rings is 1. The van der Waals surface area contributed by atoms with Crippen LogP contribution in [0.5, 0.6) is 0 Å².